The Bertz CT molecular complexity index is 657. The summed E-state index contributed by atoms with van der Waals surface area (Å²) in [7, 11) is 0. The lowest BCUT2D eigenvalue weighted by molar-refractivity contribution is 0.875. The first-order chi connectivity index (χ1) is 8.99. The van der Waals surface area contributed by atoms with E-state index in [2.05, 4.69) is 15.5 Å². The molecule has 1 unspecified atom stereocenters. The number of hydrogen-bond acceptors (Lipinski definition) is 3. The van der Waals surface area contributed by atoms with E-state index in [9.17, 15) is 4.79 Å². The third-order valence-corrected chi connectivity index (χ3v) is 3.73. The van der Waals surface area contributed by atoms with Crippen molar-refractivity contribution in [3.05, 3.63) is 55.4 Å². The zero-order valence-electron chi connectivity index (χ0n) is 9.88. The maximum Gasteiger partial charge on any atom is 0.285 e. The summed E-state index contributed by atoms with van der Waals surface area (Å²) in [5.74, 6) is 0. The highest BCUT2D eigenvalue weighted by atomic mass is 35.5. The summed E-state index contributed by atoms with van der Waals surface area (Å²) in [4.78, 5) is 11.3. The molecule has 0 radical (unpaired) electrons. The van der Waals surface area contributed by atoms with Gasteiger partial charge in [-0.25, -0.2) is 5.10 Å². The van der Waals surface area contributed by atoms with Crippen LogP contribution in [0.3, 0.4) is 0 Å². The quantitative estimate of drug-likeness (QED) is 0.902. The molecule has 1 heterocycles. The minimum absolute atomic E-state index is 0.0712. The van der Waals surface area contributed by atoms with Gasteiger partial charge in [0.15, 0.2) is 0 Å². The van der Waals surface area contributed by atoms with Crippen LogP contribution in [0.5, 0.6) is 0 Å². The molecule has 1 atom stereocenters. The van der Waals surface area contributed by atoms with Crippen LogP contribution in [-0.2, 0) is 0 Å². The van der Waals surface area contributed by atoms with Gasteiger partial charge in [-0.2, -0.15) is 5.10 Å². The van der Waals surface area contributed by atoms with Crippen LogP contribution in [0.25, 0.3) is 0 Å². The first kappa shape index (κ1) is 14.2. The van der Waals surface area contributed by atoms with Gasteiger partial charge in [0.05, 0.1) is 21.9 Å². The molecule has 0 aliphatic heterocycles. The van der Waals surface area contributed by atoms with Crippen molar-refractivity contribution in [1.29, 1.82) is 0 Å². The molecule has 1 aromatic carbocycles. The summed E-state index contributed by atoms with van der Waals surface area (Å²) < 4.78 is 0. The van der Waals surface area contributed by atoms with Gasteiger partial charge in [-0.1, -0.05) is 40.9 Å². The van der Waals surface area contributed by atoms with Crippen LogP contribution in [0.2, 0.25) is 15.1 Å². The maximum atomic E-state index is 11.3. The molecule has 0 bridgehead atoms. The molecule has 1 aromatic heterocycles. The van der Waals surface area contributed by atoms with Crippen molar-refractivity contribution in [1.82, 2.24) is 10.2 Å². The van der Waals surface area contributed by atoms with E-state index in [1.165, 1.54) is 6.20 Å². The Morgan fingerprint density at radius 3 is 2.68 bits per heavy atom. The van der Waals surface area contributed by atoms with Gasteiger partial charge in [-0.15, -0.1) is 0 Å². The molecule has 0 saturated heterocycles. The lowest BCUT2D eigenvalue weighted by Crippen LogP contribution is -2.14. The van der Waals surface area contributed by atoms with E-state index in [1.54, 1.807) is 12.1 Å². The van der Waals surface area contributed by atoms with Gasteiger partial charge in [-0.3, -0.25) is 4.79 Å². The smallest absolute Gasteiger partial charge is 0.285 e. The van der Waals surface area contributed by atoms with Crippen LogP contribution in [0.1, 0.15) is 18.5 Å². The van der Waals surface area contributed by atoms with Crippen molar-refractivity contribution >= 4 is 40.5 Å². The predicted molar refractivity (Wildman–Crippen MR) is 78.4 cm³/mol. The Balaban J connectivity index is 2.25. The summed E-state index contributed by atoms with van der Waals surface area (Å²) in [5, 5.41) is 10.1. The largest absolute Gasteiger partial charge is 0.376 e. The number of rotatable bonds is 3. The fraction of sp³-hybridized carbons (Fsp3) is 0.167. The van der Waals surface area contributed by atoms with E-state index in [0.29, 0.717) is 15.7 Å². The molecule has 2 aromatic rings. The molecule has 0 aliphatic rings. The van der Waals surface area contributed by atoms with E-state index in [-0.39, 0.29) is 11.1 Å². The number of nitrogens with one attached hydrogen (secondary N) is 2. The van der Waals surface area contributed by atoms with Gasteiger partial charge in [0.2, 0.25) is 0 Å². The van der Waals surface area contributed by atoms with Crippen molar-refractivity contribution in [2.45, 2.75) is 13.0 Å². The van der Waals surface area contributed by atoms with Crippen LogP contribution < -0.4 is 10.9 Å². The van der Waals surface area contributed by atoms with E-state index in [4.69, 9.17) is 34.8 Å². The fourth-order valence-corrected chi connectivity index (χ4v) is 2.03. The molecule has 2 N–H and O–H groups in total. The van der Waals surface area contributed by atoms with E-state index < -0.39 is 5.56 Å². The Kier molecular flexibility index (Phi) is 4.34. The van der Waals surface area contributed by atoms with Crippen molar-refractivity contribution in [3.63, 3.8) is 0 Å². The van der Waals surface area contributed by atoms with Gasteiger partial charge in [0.1, 0.15) is 5.02 Å². The molecule has 4 nitrogen and oxygen atoms in total. The van der Waals surface area contributed by atoms with Crippen LogP contribution in [0.15, 0.2) is 29.2 Å². The molecule has 19 heavy (non-hydrogen) atoms. The lowest BCUT2D eigenvalue weighted by atomic mass is 10.1. The lowest BCUT2D eigenvalue weighted by Gasteiger charge is -2.16. The average molecular weight is 319 g/mol. The molecule has 0 fully saturated rings. The highest BCUT2D eigenvalue weighted by Gasteiger charge is 2.11. The molecule has 0 spiro atoms. The van der Waals surface area contributed by atoms with Crippen molar-refractivity contribution in [2.75, 3.05) is 5.32 Å². The topological polar surface area (TPSA) is 57.8 Å². The maximum absolute atomic E-state index is 11.3. The van der Waals surface area contributed by atoms with Crippen molar-refractivity contribution < 1.29 is 0 Å². The Hall–Kier alpha value is -1.23. The molecular formula is C12H10Cl3N3O. The second kappa shape index (κ2) is 5.82. The second-order valence-corrected chi connectivity index (χ2v) is 5.16. The number of aromatic amines is 1. The molecule has 0 saturated carbocycles. The summed E-state index contributed by atoms with van der Waals surface area (Å²) >= 11 is 17.7. The molecule has 2 rings (SSSR count). The Morgan fingerprint density at radius 2 is 2.00 bits per heavy atom. The minimum Gasteiger partial charge on any atom is -0.376 e. The third kappa shape index (κ3) is 3.21. The number of hydrogen-bond donors (Lipinski definition) is 2. The highest BCUT2D eigenvalue weighted by molar-refractivity contribution is 6.42. The van der Waals surface area contributed by atoms with E-state index >= 15 is 0 Å². The van der Waals surface area contributed by atoms with Crippen LogP contribution in [-0.4, -0.2) is 10.2 Å². The number of benzene rings is 1. The number of anilines is 1. The summed E-state index contributed by atoms with van der Waals surface area (Å²) in [6.45, 7) is 1.91. The first-order valence-electron chi connectivity index (χ1n) is 5.43. The molecule has 7 heteroatoms. The van der Waals surface area contributed by atoms with Crippen LogP contribution >= 0.6 is 34.8 Å². The highest BCUT2D eigenvalue weighted by Crippen LogP contribution is 2.28. The normalized spacial score (nSPS) is 12.2. The Labute approximate surface area is 124 Å². The zero-order chi connectivity index (χ0) is 14.0. The van der Waals surface area contributed by atoms with Gasteiger partial charge >= 0.3 is 0 Å². The first-order valence-corrected chi connectivity index (χ1v) is 6.57. The second-order valence-electron chi connectivity index (χ2n) is 3.97. The number of H-pyrrole nitrogens is 1. The average Bonchev–Trinajstić information content (AvgIpc) is 2.38. The van der Waals surface area contributed by atoms with E-state index in [1.807, 2.05) is 13.0 Å². The molecule has 100 valence electrons. The van der Waals surface area contributed by atoms with Gasteiger partial charge in [-0.05, 0) is 24.6 Å². The van der Waals surface area contributed by atoms with Crippen molar-refractivity contribution in [3.8, 4) is 0 Å². The van der Waals surface area contributed by atoms with Crippen LogP contribution in [0, 0.1) is 0 Å². The van der Waals surface area contributed by atoms with Crippen molar-refractivity contribution in [2.24, 2.45) is 0 Å². The summed E-state index contributed by atoms with van der Waals surface area (Å²) in [5.41, 5.74) is 0.947. The molecule has 0 aliphatic carbocycles. The minimum atomic E-state index is -0.437. The molecular weight excluding hydrogens is 309 g/mol. The number of nitrogens with zero attached hydrogens (tertiary/aromatic N) is 1. The van der Waals surface area contributed by atoms with E-state index in [0.717, 1.165) is 5.56 Å². The van der Waals surface area contributed by atoms with Gasteiger partial charge in [0.25, 0.3) is 5.56 Å². The number of halogens is 3. The standard InChI is InChI=1S/C12H10Cl3N3O/c1-6(7-2-3-8(13)9(14)4-7)17-10-5-16-18-12(19)11(10)15/h2-6H,1H3,(H2,17,18,19). The Morgan fingerprint density at radius 1 is 1.26 bits per heavy atom. The summed E-state index contributed by atoms with van der Waals surface area (Å²) in [6.07, 6.45) is 1.46. The SMILES string of the molecule is CC(Nc1cn[nH]c(=O)c1Cl)c1ccc(Cl)c(Cl)c1. The van der Waals surface area contributed by atoms with Gasteiger partial charge < -0.3 is 5.32 Å². The predicted octanol–water partition coefficient (Wildman–Crippen LogP) is 3.90. The van der Waals surface area contributed by atoms with Gasteiger partial charge in [0, 0.05) is 6.04 Å². The monoisotopic (exact) mass is 317 g/mol. The summed E-state index contributed by atoms with van der Waals surface area (Å²) in [6, 6.07) is 5.22. The molecule has 0 amide bonds. The zero-order valence-corrected chi connectivity index (χ0v) is 12.1. The van der Waals surface area contributed by atoms with Crippen LogP contribution in [0.4, 0.5) is 5.69 Å². The fourth-order valence-electron chi connectivity index (χ4n) is 1.58. The number of aromatic nitrogens is 2. The third-order valence-electron chi connectivity index (χ3n) is 2.61.